The molecule has 0 saturated carbocycles. The number of anilines is 1. The van der Waals surface area contributed by atoms with Crippen molar-refractivity contribution in [1.82, 2.24) is 4.98 Å². The maximum Gasteiger partial charge on any atom is 0.573 e. The van der Waals surface area contributed by atoms with Crippen molar-refractivity contribution in [2.75, 3.05) is 4.90 Å². The SMILES string of the molecule is O=C1C(=O)N(c2ccc(OC(F)(F)F)cc2)C(c2ccncc2)/C1=C(/O)c1ccccc1. The first-order chi connectivity index (χ1) is 15.3. The van der Waals surface area contributed by atoms with E-state index < -0.39 is 29.8 Å². The zero-order valence-corrected chi connectivity index (χ0v) is 16.3. The van der Waals surface area contributed by atoms with Crippen molar-refractivity contribution in [3.05, 3.63) is 95.8 Å². The minimum Gasteiger partial charge on any atom is -0.507 e. The summed E-state index contributed by atoms with van der Waals surface area (Å²) in [5.41, 5.74) is 0.865. The van der Waals surface area contributed by atoms with Crippen molar-refractivity contribution in [2.45, 2.75) is 12.4 Å². The minimum absolute atomic E-state index is 0.136. The van der Waals surface area contributed by atoms with E-state index in [1.807, 2.05) is 0 Å². The van der Waals surface area contributed by atoms with Crippen LogP contribution in [0.5, 0.6) is 5.75 Å². The third-order valence-corrected chi connectivity index (χ3v) is 4.86. The maximum absolute atomic E-state index is 13.0. The van der Waals surface area contributed by atoms with Gasteiger partial charge in [-0.25, -0.2) is 0 Å². The fraction of sp³-hybridized carbons (Fsp3) is 0.0870. The molecule has 9 heteroatoms. The second-order valence-corrected chi connectivity index (χ2v) is 6.86. The van der Waals surface area contributed by atoms with Gasteiger partial charge in [0.2, 0.25) is 0 Å². The highest BCUT2D eigenvalue weighted by atomic mass is 19.4. The molecule has 1 atom stereocenters. The molecule has 2 aromatic carbocycles. The number of alkyl halides is 3. The highest BCUT2D eigenvalue weighted by molar-refractivity contribution is 6.51. The van der Waals surface area contributed by atoms with Crippen molar-refractivity contribution in [3.8, 4) is 5.75 Å². The van der Waals surface area contributed by atoms with Crippen LogP contribution in [-0.2, 0) is 9.59 Å². The fourth-order valence-corrected chi connectivity index (χ4v) is 3.52. The van der Waals surface area contributed by atoms with Crippen molar-refractivity contribution < 1.29 is 32.6 Å². The molecule has 1 aliphatic rings. The van der Waals surface area contributed by atoms with Crippen LogP contribution >= 0.6 is 0 Å². The largest absolute Gasteiger partial charge is 0.573 e. The van der Waals surface area contributed by atoms with E-state index in [1.54, 1.807) is 42.5 Å². The summed E-state index contributed by atoms with van der Waals surface area (Å²) in [5, 5.41) is 10.9. The van der Waals surface area contributed by atoms with E-state index in [0.29, 0.717) is 11.1 Å². The molecule has 1 N–H and O–H groups in total. The van der Waals surface area contributed by atoms with Gasteiger partial charge >= 0.3 is 6.36 Å². The molecule has 0 bridgehead atoms. The van der Waals surface area contributed by atoms with Crippen LogP contribution in [0, 0.1) is 0 Å². The quantitative estimate of drug-likeness (QED) is 0.364. The maximum atomic E-state index is 13.0. The van der Waals surface area contributed by atoms with Crippen molar-refractivity contribution in [2.24, 2.45) is 0 Å². The zero-order chi connectivity index (χ0) is 22.9. The average Bonchev–Trinajstić information content (AvgIpc) is 3.05. The van der Waals surface area contributed by atoms with Crippen LogP contribution in [-0.4, -0.2) is 28.1 Å². The number of halogens is 3. The van der Waals surface area contributed by atoms with Crippen LogP contribution in [0.2, 0.25) is 0 Å². The Morgan fingerprint density at radius 1 is 0.938 bits per heavy atom. The Hall–Kier alpha value is -4.14. The van der Waals surface area contributed by atoms with Gasteiger partial charge in [0, 0.05) is 23.6 Å². The van der Waals surface area contributed by atoms with E-state index in [1.165, 1.54) is 24.5 Å². The molecule has 32 heavy (non-hydrogen) atoms. The van der Waals surface area contributed by atoms with E-state index in [4.69, 9.17) is 0 Å². The van der Waals surface area contributed by atoms with Crippen LogP contribution in [0.15, 0.2) is 84.7 Å². The van der Waals surface area contributed by atoms with Crippen LogP contribution in [0.1, 0.15) is 17.2 Å². The lowest BCUT2D eigenvalue weighted by Gasteiger charge is -2.25. The first-order valence-corrected chi connectivity index (χ1v) is 9.38. The lowest BCUT2D eigenvalue weighted by Crippen LogP contribution is -2.29. The van der Waals surface area contributed by atoms with E-state index >= 15 is 0 Å². The molecule has 2 heterocycles. The number of carbonyl (C=O) groups excluding carboxylic acids is 2. The second kappa shape index (κ2) is 8.18. The van der Waals surface area contributed by atoms with Crippen molar-refractivity contribution >= 4 is 23.1 Å². The smallest absolute Gasteiger partial charge is 0.507 e. The first kappa shape index (κ1) is 21.1. The van der Waals surface area contributed by atoms with Crippen LogP contribution in [0.25, 0.3) is 5.76 Å². The number of benzene rings is 2. The number of Topliss-reactive ketones (excluding diaryl/α,β-unsaturated/α-hetero) is 1. The van der Waals surface area contributed by atoms with Gasteiger partial charge in [-0.2, -0.15) is 0 Å². The summed E-state index contributed by atoms with van der Waals surface area (Å²) in [4.78, 5) is 31.0. The molecule has 3 aromatic rings. The molecule has 0 spiro atoms. The molecule has 1 amide bonds. The normalized spacial score (nSPS) is 18.1. The Labute approximate surface area is 180 Å². The predicted molar refractivity (Wildman–Crippen MR) is 109 cm³/mol. The van der Waals surface area contributed by atoms with E-state index in [2.05, 4.69) is 9.72 Å². The Balaban J connectivity index is 1.83. The summed E-state index contributed by atoms with van der Waals surface area (Å²) in [5.74, 6) is -2.66. The number of carbonyl (C=O) groups is 2. The number of aliphatic hydroxyl groups excluding tert-OH is 1. The Bertz CT molecular complexity index is 1180. The van der Waals surface area contributed by atoms with E-state index in [9.17, 15) is 27.9 Å². The molecule has 1 fully saturated rings. The summed E-state index contributed by atoms with van der Waals surface area (Å²) in [6.07, 6.45) is -1.92. The number of ketones is 1. The number of hydrogen-bond acceptors (Lipinski definition) is 5. The lowest BCUT2D eigenvalue weighted by atomic mass is 9.96. The Kier molecular flexibility index (Phi) is 5.40. The molecule has 6 nitrogen and oxygen atoms in total. The highest BCUT2D eigenvalue weighted by Gasteiger charge is 2.47. The molecular weight excluding hydrogens is 425 g/mol. The summed E-state index contributed by atoms with van der Waals surface area (Å²) in [7, 11) is 0. The number of nitrogens with zero attached hydrogens (tertiary/aromatic N) is 2. The van der Waals surface area contributed by atoms with Gasteiger partial charge < -0.3 is 9.84 Å². The molecule has 4 rings (SSSR count). The van der Waals surface area contributed by atoms with E-state index in [0.717, 1.165) is 17.0 Å². The summed E-state index contributed by atoms with van der Waals surface area (Å²) in [6, 6.07) is 15.0. The van der Waals surface area contributed by atoms with Gasteiger partial charge in [0.05, 0.1) is 11.6 Å². The number of aromatic nitrogens is 1. The lowest BCUT2D eigenvalue weighted by molar-refractivity contribution is -0.274. The average molecular weight is 440 g/mol. The number of aliphatic hydroxyl groups is 1. The van der Waals surface area contributed by atoms with Gasteiger partial charge in [0.15, 0.2) is 0 Å². The number of amides is 1. The minimum atomic E-state index is -4.86. The Morgan fingerprint density at radius 3 is 2.16 bits per heavy atom. The highest BCUT2D eigenvalue weighted by Crippen LogP contribution is 2.42. The number of hydrogen-bond donors (Lipinski definition) is 1. The molecule has 1 unspecified atom stereocenters. The van der Waals surface area contributed by atoms with Gasteiger partial charge in [-0.15, -0.1) is 13.2 Å². The monoisotopic (exact) mass is 440 g/mol. The van der Waals surface area contributed by atoms with Gasteiger partial charge in [0.1, 0.15) is 11.5 Å². The molecule has 0 aliphatic carbocycles. The summed E-state index contributed by atoms with van der Waals surface area (Å²) < 4.78 is 41.3. The summed E-state index contributed by atoms with van der Waals surface area (Å²) >= 11 is 0. The Morgan fingerprint density at radius 2 is 1.56 bits per heavy atom. The first-order valence-electron chi connectivity index (χ1n) is 9.38. The molecule has 0 radical (unpaired) electrons. The predicted octanol–water partition coefficient (Wildman–Crippen LogP) is 4.61. The van der Waals surface area contributed by atoms with Crippen LogP contribution in [0.3, 0.4) is 0 Å². The van der Waals surface area contributed by atoms with E-state index in [-0.39, 0.29) is 17.0 Å². The molecule has 1 aromatic heterocycles. The fourth-order valence-electron chi connectivity index (χ4n) is 3.52. The zero-order valence-electron chi connectivity index (χ0n) is 16.3. The van der Waals surface area contributed by atoms with Crippen molar-refractivity contribution in [3.63, 3.8) is 0 Å². The molecule has 1 saturated heterocycles. The third kappa shape index (κ3) is 4.04. The number of ether oxygens (including phenoxy) is 1. The van der Waals surface area contributed by atoms with Gasteiger partial charge in [-0.1, -0.05) is 30.3 Å². The third-order valence-electron chi connectivity index (χ3n) is 4.86. The number of rotatable bonds is 4. The molecule has 162 valence electrons. The van der Waals surface area contributed by atoms with Crippen molar-refractivity contribution in [1.29, 1.82) is 0 Å². The summed E-state index contributed by atoms with van der Waals surface area (Å²) in [6.45, 7) is 0. The number of pyridine rings is 1. The van der Waals surface area contributed by atoms with Gasteiger partial charge in [-0.05, 0) is 42.0 Å². The van der Waals surface area contributed by atoms with Crippen LogP contribution in [0.4, 0.5) is 18.9 Å². The topological polar surface area (TPSA) is 79.7 Å². The van der Waals surface area contributed by atoms with Crippen LogP contribution < -0.4 is 9.64 Å². The van der Waals surface area contributed by atoms with Gasteiger partial charge in [0.25, 0.3) is 11.7 Å². The molecular formula is C23H15F3N2O4. The molecule has 1 aliphatic heterocycles. The standard InChI is InChI=1S/C23H15F3N2O4/c24-23(25,26)32-17-8-6-16(7-9-17)28-19(14-10-12-27-13-11-14)18(21(30)22(28)31)20(29)15-4-2-1-3-5-15/h1-13,19,29H/b20-18-. The second-order valence-electron chi connectivity index (χ2n) is 6.86. The van der Waals surface area contributed by atoms with Gasteiger partial charge in [-0.3, -0.25) is 19.5 Å².